The number of halogens is 1. The average molecular weight is 383 g/mol. The van der Waals surface area contributed by atoms with Crippen LogP contribution in [0.4, 0.5) is 0 Å². The van der Waals surface area contributed by atoms with Crippen molar-refractivity contribution in [3.63, 3.8) is 0 Å². The SMILES string of the molecule is O=c1[nH]ccc2cc(OC3CCC(NCc4ccccc4)CC3)c(Cl)cc12. The molecule has 1 aliphatic rings. The predicted molar refractivity (Wildman–Crippen MR) is 110 cm³/mol. The van der Waals surface area contributed by atoms with Crippen molar-refractivity contribution in [2.24, 2.45) is 0 Å². The summed E-state index contributed by atoms with van der Waals surface area (Å²) >= 11 is 6.35. The van der Waals surface area contributed by atoms with Crippen LogP contribution in [0, 0.1) is 0 Å². The molecule has 4 rings (SSSR count). The predicted octanol–water partition coefficient (Wildman–Crippen LogP) is 4.66. The molecule has 2 N–H and O–H groups in total. The number of rotatable bonds is 5. The number of pyridine rings is 1. The highest BCUT2D eigenvalue weighted by Gasteiger charge is 2.23. The molecule has 0 amide bonds. The van der Waals surface area contributed by atoms with E-state index in [1.165, 1.54) is 5.56 Å². The van der Waals surface area contributed by atoms with Gasteiger partial charge in [0.2, 0.25) is 0 Å². The second-order valence-electron chi connectivity index (χ2n) is 7.13. The highest BCUT2D eigenvalue weighted by molar-refractivity contribution is 6.32. The van der Waals surface area contributed by atoms with Crippen molar-refractivity contribution in [3.05, 3.63) is 75.7 Å². The van der Waals surface area contributed by atoms with Gasteiger partial charge in [0.15, 0.2) is 0 Å². The number of ether oxygens (including phenoxy) is 1. The van der Waals surface area contributed by atoms with Crippen LogP contribution in [0.3, 0.4) is 0 Å². The molecule has 5 heteroatoms. The average Bonchev–Trinajstić information content (AvgIpc) is 2.70. The summed E-state index contributed by atoms with van der Waals surface area (Å²) in [5.41, 5.74) is 1.18. The second kappa shape index (κ2) is 8.15. The van der Waals surface area contributed by atoms with Crippen molar-refractivity contribution in [1.29, 1.82) is 0 Å². The van der Waals surface area contributed by atoms with Crippen molar-refractivity contribution in [1.82, 2.24) is 10.3 Å². The summed E-state index contributed by atoms with van der Waals surface area (Å²) in [4.78, 5) is 14.5. The lowest BCUT2D eigenvalue weighted by atomic mass is 9.92. The highest BCUT2D eigenvalue weighted by Crippen LogP contribution is 2.32. The number of fused-ring (bicyclic) bond motifs is 1. The quantitative estimate of drug-likeness (QED) is 0.674. The van der Waals surface area contributed by atoms with E-state index in [1.807, 2.05) is 18.2 Å². The van der Waals surface area contributed by atoms with Crippen LogP contribution in [0.5, 0.6) is 5.75 Å². The lowest BCUT2D eigenvalue weighted by molar-refractivity contribution is 0.139. The van der Waals surface area contributed by atoms with E-state index in [0.717, 1.165) is 37.6 Å². The molecule has 1 aromatic heterocycles. The van der Waals surface area contributed by atoms with Crippen LogP contribution in [0.25, 0.3) is 10.8 Å². The number of aromatic amines is 1. The highest BCUT2D eigenvalue weighted by atomic mass is 35.5. The van der Waals surface area contributed by atoms with Gasteiger partial charge in [-0.05, 0) is 54.8 Å². The van der Waals surface area contributed by atoms with Gasteiger partial charge in [0.25, 0.3) is 5.56 Å². The van der Waals surface area contributed by atoms with Crippen LogP contribution in [0.15, 0.2) is 59.5 Å². The molecule has 1 saturated carbocycles. The molecule has 1 heterocycles. The Morgan fingerprint density at radius 2 is 1.85 bits per heavy atom. The molecular formula is C22H23ClN2O2. The van der Waals surface area contributed by atoms with Crippen LogP contribution < -0.4 is 15.6 Å². The Hall–Kier alpha value is -2.30. The van der Waals surface area contributed by atoms with Gasteiger partial charge in [-0.15, -0.1) is 0 Å². The molecule has 1 aliphatic carbocycles. The minimum absolute atomic E-state index is 0.133. The maximum absolute atomic E-state index is 11.9. The third kappa shape index (κ3) is 4.34. The van der Waals surface area contributed by atoms with Gasteiger partial charge in [-0.2, -0.15) is 0 Å². The molecule has 0 saturated heterocycles. The van der Waals surface area contributed by atoms with Gasteiger partial charge in [0.05, 0.1) is 11.1 Å². The molecule has 0 unspecified atom stereocenters. The van der Waals surface area contributed by atoms with Crippen molar-refractivity contribution < 1.29 is 4.74 Å². The van der Waals surface area contributed by atoms with Gasteiger partial charge in [-0.25, -0.2) is 0 Å². The lowest BCUT2D eigenvalue weighted by Crippen LogP contribution is -2.36. The fraction of sp³-hybridized carbons (Fsp3) is 0.318. The third-order valence-corrected chi connectivity index (χ3v) is 5.53. The molecule has 27 heavy (non-hydrogen) atoms. The molecule has 3 aromatic rings. The number of hydrogen-bond acceptors (Lipinski definition) is 3. The first-order chi connectivity index (χ1) is 13.2. The zero-order chi connectivity index (χ0) is 18.6. The van der Waals surface area contributed by atoms with E-state index >= 15 is 0 Å². The third-order valence-electron chi connectivity index (χ3n) is 5.23. The van der Waals surface area contributed by atoms with Crippen LogP contribution in [0.2, 0.25) is 5.02 Å². The van der Waals surface area contributed by atoms with E-state index in [4.69, 9.17) is 16.3 Å². The Kier molecular flexibility index (Phi) is 5.46. The smallest absolute Gasteiger partial charge is 0.255 e. The summed E-state index contributed by atoms with van der Waals surface area (Å²) in [6.07, 6.45) is 5.97. The van der Waals surface area contributed by atoms with Crippen LogP contribution in [0.1, 0.15) is 31.2 Å². The molecule has 2 aromatic carbocycles. The van der Waals surface area contributed by atoms with Gasteiger partial charge in [-0.3, -0.25) is 4.79 Å². The summed E-state index contributed by atoms with van der Waals surface area (Å²) in [5, 5.41) is 5.56. The maximum atomic E-state index is 11.9. The molecule has 140 valence electrons. The molecule has 0 aliphatic heterocycles. The molecule has 1 fully saturated rings. The van der Waals surface area contributed by atoms with E-state index in [9.17, 15) is 4.79 Å². The molecule has 0 spiro atoms. The van der Waals surface area contributed by atoms with E-state index in [-0.39, 0.29) is 11.7 Å². The van der Waals surface area contributed by atoms with Gasteiger partial charge >= 0.3 is 0 Å². The second-order valence-corrected chi connectivity index (χ2v) is 7.54. The standard InChI is InChI=1S/C22H23ClN2O2/c23-20-13-19-16(10-11-24-22(19)26)12-21(20)27-18-8-6-17(7-9-18)25-14-15-4-2-1-3-5-15/h1-5,10-13,17-18,25H,6-9,14H2,(H,24,26). The summed E-state index contributed by atoms with van der Waals surface area (Å²) < 4.78 is 6.17. The summed E-state index contributed by atoms with van der Waals surface area (Å²) in [6.45, 7) is 0.905. The van der Waals surface area contributed by atoms with Crippen LogP contribution in [-0.2, 0) is 6.54 Å². The first-order valence-corrected chi connectivity index (χ1v) is 9.82. The molecule has 0 atom stereocenters. The Bertz CT molecular complexity index is 963. The molecular weight excluding hydrogens is 360 g/mol. The first-order valence-electron chi connectivity index (χ1n) is 9.44. The Labute approximate surface area is 163 Å². The first kappa shape index (κ1) is 18.1. The van der Waals surface area contributed by atoms with Gasteiger partial charge in [0.1, 0.15) is 5.75 Å². The summed E-state index contributed by atoms with van der Waals surface area (Å²) in [6, 6.07) is 16.4. The normalized spacial score (nSPS) is 19.9. The topological polar surface area (TPSA) is 54.1 Å². The van der Waals surface area contributed by atoms with Crippen molar-refractivity contribution >= 4 is 22.4 Å². The molecule has 0 radical (unpaired) electrons. The Morgan fingerprint density at radius 1 is 1.07 bits per heavy atom. The number of nitrogens with one attached hydrogen (secondary N) is 2. The summed E-state index contributed by atoms with van der Waals surface area (Å²) in [5.74, 6) is 0.662. The fourth-order valence-electron chi connectivity index (χ4n) is 3.70. The lowest BCUT2D eigenvalue weighted by Gasteiger charge is -2.30. The zero-order valence-corrected chi connectivity index (χ0v) is 15.8. The number of H-pyrrole nitrogens is 1. The van der Waals surface area contributed by atoms with E-state index in [0.29, 0.717) is 22.2 Å². The Balaban J connectivity index is 1.34. The molecule has 0 bridgehead atoms. The van der Waals surface area contributed by atoms with Gasteiger partial charge in [0, 0.05) is 24.2 Å². The number of hydrogen-bond donors (Lipinski definition) is 2. The number of benzene rings is 2. The van der Waals surface area contributed by atoms with Crippen LogP contribution in [-0.4, -0.2) is 17.1 Å². The van der Waals surface area contributed by atoms with Gasteiger partial charge in [-0.1, -0.05) is 41.9 Å². The van der Waals surface area contributed by atoms with Crippen molar-refractivity contribution in [2.75, 3.05) is 0 Å². The van der Waals surface area contributed by atoms with E-state index in [1.54, 1.807) is 12.3 Å². The van der Waals surface area contributed by atoms with Gasteiger partial charge < -0.3 is 15.0 Å². The molecule has 4 nitrogen and oxygen atoms in total. The largest absolute Gasteiger partial charge is 0.489 e. The fourth-order valence-corrected chi connectivity index (χ4v) is 3.91. The minimum Gasteiger partial charge on any atom is -0.489 e. The summed E-state index contributed by atoms with van der Waals surface area (Å²) in [7, 11) is 0. The van der Waals surface area contributed by atoms with Crippen LogP contribution >= 0.6 is 11.6 Å². The van der Waals surface area contributed by atoms with Crippen molar-refractivity contribution in [3.8, 4) is 5.75 Å². The van der Waals surface area contributed by atoms with E-state index < -0.39 is 0 Å². The maximum Gasteiger partial charge on any atom is 0.255 e. The minimum atomic E-state index is -0.133. The Morgan fingerprint density at radius 3 is 2.63 bits per heavy atom. The number of aromatic nitrogens is 1. The van der Waals surface area contributed by atoms with E-state index in [2.05, 4.69) is 34.6 Å². The van der Waals surface area contributed by atoms with Crippen molar-refractivity contribution in [2.45, 2.75) is 44.4 Å². The zero-order valence-electron chi connectivity index (χ0n) is 15.1. The monoisotopic (exact) mass is 382 g/mol.